The summed E-state index contributed by atoms with van der Waals surface area (Å²) in [4.78, 5) is 41.3. The molecule has 1 aliphatic heterocycles. The molecule has 1 atom stereocenters. The zero-order valence-electron chi connectivity index (χ0n) is 22.5. The van der Waals surface area contributed by atoms with Crippen molar-refractivity contribution in [2.45, 2.75) is 65.5 Å². The van der Waals surface area contributed by atoms with Crippen LogP contribution in [0.3, 0.4) is 0 Å². The molecule has 204 valence electrons. The Morgan fingerprint density at radius 1 is 1.21 bits per heavy atom. The van der Waals surface area contributed by atoms with E-state index in [0.29, 0.717) is 48.3 Å². The number of nitrogens with one attached hydrogen (secondary N) is 2. The molecule has 2 N–H and O–H groups in total. The highest BCUT2D eigenvalue weighted by molar-refractivity contribution is 7.19. The Morgan fingerprint density at radius 3 is 2.63 bits per heavy atom. The third-order valence-electron chi connectivity index (χ3n) is 6.39. The molecule has 38 heavy (non-hydrogen) atoms. The number of carbonyl (C=O) groups excluding carboxylic acids is 2. The van der Waals surface area contributed by atoms with Crippen LogP contribution in [-0.2, 0) is 4.74 Å². The largest absolute Gasteiger partial charge is 0.444 e. The van der Waals surface area contributed by atoms with E-state index in [1.165, 1.54) is 17.4 Å². The maximum Gasteiger partial charge on any atom is 0.410 e. The number of aryl methyl sites for hydroxylation is 1. The van der Waals surface area contributed by atoms with Gasteiger partial charge in [0.2, 0.25) is 5.95 Å². The van der Waals surface area contributed by atoms with Gasteiger partial charge in [-0.1, -0.05) is 0 Å². The third-order valence-corrected chi connectivity index (χ3v) is 7.43. The molecule has 3 aromatic heterocycles. The molecule has 0 aliphatic carbocycles. The van der Waals surface area contributed by atoms with E-state index in [1.54, 1.807) is 11.1 Å². The van der Waals surface area contributed by atoms with E-state index in [2.05, 4.69) is 25.6 Å². The Bertz CT molecular complexity index is 1300. The molecule has 0 unspecified atom stereocenters. The van der Waals surface area contributed by atoms with Gasteiger partial charge in [0.1, 0.15) is 11.4 Å². The number of halogens is 1. The van der Waals surface area contributed by atoms with Crippen molar-refractivity contribution in [1.29, 1.82) is 0 Å². The van der Waals surface area contributed by atoms with E-state index >= 15 is 0 Å². The van der Waals surface area contributed by atoms with E-state index < -0.39 is 11.4 Å². The van der Waals surface area contributed by atoms with Gasteiger partial charge in [0.05, 0.1) is 22.5 Å². The standard InChI is InChI=1S/C27H35FN6O3S/c1-16-12-21-23(38-16)22(33-25(32-21)31-17(2)19-13-20(28)15-29-14-19)24(35)30-9-6-18-7-10-34(11-8-18)26(36)37-27(3,4)5/h12-15,17-18H,6-11H2,1-5H3,(H,30,35)(H,31,32,33)/t17-/m0/s1. The number of thiophene rings is 1. The Kier molecular flexibility index (Phi) is 8.44. The molecule has 1 saturated heterocycles. The molecule has 0 bridgehead atoms. The van der Waals surface area contributed by atoms with Crippen molar-refractivity contribution < 1.29 is 18.7 Å². The summed E-state index contributed by atoms with van der Waals surface area (Å²) in [5.74, 6) is 0.0400. The van der Waals surface area contributed by atoms with Crippen LogP contribution in [0.5, 0.6) is 0 Å². The zero-order chi connectivity index (χ0) is 27.4. The highest BCUT2D eigenvalue weighted by Crippen LogP contribution is 2.29. The molecular formula is C27H35FN6O3S. The summed E-state index contributed by atoms with van der Waals surface area (Å²) in [5.41, 5.74) is 1.16. The predicted molar refractivity (Wildman–Crippen MR) is 146 cm³/mol. The molecule has 1 fully saturated rings. The van der Waals surface area contributed by atoms with Crippen LogP contribution < -0.4 is 10.6 Å². The van der Waals surface area contributed by atoms with Crippen LogP contribution in [0.4, 0.5) is 15.1 Å². The SMILES string of the molecule is Cc1cc2nc(N[C@@H](C)c3cncc(F)c3)nc(C(=O)NCCC3CCN(C(=O)OC(C)(C)C)CC3)c2s1. The van der Waals surface area contributed by atoms with Gasteiger partial charge in [0, 0.05) is 30.7 Å². The summed E-state index contributed by atoms with van der Waals surface area (Å²) in [6, 6.07) is 3.03. The number of ether oxygens (including phenoxy) is 1. The number of fused-ring (bicyclic) bond motifs is 1. The lowest BCUT2D eigenvalue weighted by atomic mass is 9.94. The average Bonchev–Trinajstić information content (AvgIpc) is 3.22. The Balaban J connectivity index is 1.36. The minimum absolute atomic E-state index is 0.256. The number of rotatable bonds is 7. The normalized spacial score (nSPS) is 15.4. The number of hydrogen-bond acceptors (Lipinski definition) is 8. The molecule has 3 aromatic rings. The van der Waals surface area contributed by atoms with Gasteiger partial charge in [-0.25, -0.2) is 19.2 Å². The van der Waals surface area contributed by atoms with Gasteiger partial charge in [-0.3, -0.25) is 9.78 Å². The van der Waals surface area contributed by atoms with Gasteiger partial charge >= 0.3 is 6.09 Å². The lowest BCUT2D eigenvalue weighted by Crippen LogP contribution is -2.42. The molecule has 2 amide bonds. The molecule has 4 heterocycles. The zero-order valence-corrected chi connectivity index (χ0v) is 23.3. The second kappa shape index (κ2) is 11.6. The first kappa shape index (κ1) is 27.7. The summed E-state index contributed by atoms with van der Waals surface area (Å²) < 4.78 is 19.8. The van der Waals surface area contributed by atoms with Gasteiger partial charge in [-0.2, -0.15) is 0 Å². The number of carbonyl (C=O) groups is 2. The molecule has 11 heteroatoms. The monoisotopic (exact) mass is 542 g/mol. The number of pyridine rings is 1. The molecule has 0 radical (unpaired) electrons. The second-order valence-electron chi connectivity index (χ2n) is 10.7. The Morgan fingerprint density at radius 2 is 1.95 bits per heavy atom. The number of piperidine rings is 1. The van der Waals surface area contributed by atoms with Gasteiger partial charge < -0.3 is 20.3 Å². The summed E-state index contributed by atoms with van der Waals surface area (Å²) in [6.45, 7) is 11.2. The summed E-state index contributed by atoms with van der Waals surface area (Å²) >= 11 is 1.48. The number of anilines is 1. The minimum Gasteiger partial charge on any atom is -0.444 e. The first-order valence-corrected chi connectivity index (χ1v) is 13.7. The quantitative estimate of drug-likeness (QED) is 0.407. The third kappa shape index (κ3) is 7.15. The fourth-order valence-corrected chi connectivity index (χ4v) is 5.35. The molecule has 0 saturated carbocycles. The van der Waals surface area contributed by atoms with Crippen LogP contribution in [-0.4, -0.2) is 57.1 Å². The van der Waals surface area contributed by atoms with Crippen LogP contribution in [0.1, 0.15) is 73.9 Å². The first-order valence-electron chi connectivity index (χ1n) is 12.9. The van der Waals surface area contributed by atoms with E-state index in [-0.39, 0.29) is 18.0 Å². The average molecular weight is 543 g/mol. The topological polar surface area (TPSA) is 109 Å². The fourth-order valence-electron chi connectivity index (χ4n) is 4.41. The maximum absolute atomic E-state index is 13.6. The molecule has 9 nitrogen and oxygen atoms in total. The molecule has 0 spiro atoms. The van der Waals surface area contributed by atoms with Crippen molar-refractivity contribution in [3.8, 4) is 0 Å². The van der Waals surface area contributed by atoms with Gasteiger partial charge in [0.25, 0.3) is 5.91 Å². The van der Waals surface area contributed by atoms with Crippen molar-refractivity contribution >= 4 is 39.5 Å². The van der Waals surface area contributed by atoms with Gasteiger partial charge in [-0.15, -0.1) is 11.3 Å². The number of nitrogens with zero attached hydrogens (tertiary/aromatic N) is 4. The van der Waals surface area contributed by atoms with Crippen LogP contribution in [0, 0.1) is 18.7 Å². The molecule has 1 aliphatic rings. The summed E-state index contributed by atoms with van der Waals surface area (Å²) in [5, 5.41) is 6.19. The Hall–Kier alpha value is -3.34. The lowest BCUT2D eigenvalue weighted by Gasteiger charge is -2.33. The van der Waals surface area contributed by atoms with Crippen molar-refractivity contribution in [2.75, 3.05) is 25.0 Å². The van der Waals surface area contributed by atoms with E-state index in [4.69, 9.17) is 4.74 Å². The van der Waals surface area contributed by atoms with Crippen LogP contribution in [0.25, 0.3) is 10.2 Å². The van der Waals surface area contributed by atoms with Crippen LogP contribution in [0.15, 0.2) is 24.5 Å². The highest BCUT2D eigenvalue weighted by Gasteiger charge is 2.27. The minimum atomic E-state index is -0.504. The number of aromatic nitrogens is 3. The molecule has 4 rings (SSSR count). The second-order valence-corrected chi connectivity index (χ2v) is 12.0. The van der Waals surface area contributed by atoms with E-state index in [1.807, 2.05) is 40.7 Å². The highest BCUT2D eigenvalue weighted by atomic mass is 32.1. The van der Waals surface area contributed by atoms with Crippen molar-refractivity contribution in [3.63, 3.8) is 0 Å². The van der Waals surface area contributed by atoms with Crippen LogP contribution >= 0.6 is 11.3 Å². The summed E-state index contributed by atoms with van der Waals surface area (Å²) in [7, 11) is 0. The van der Waals surface area contributed by atoms with Crippen molar-refractivity contribution in [1.82, 2.24) is 25.2 Å². The number of hydrogen-bond donors (Lipinski definition) is 2. The van der Waals surface area contributed by atoms with Gasteiger partial charge in [-0.05, 0) is 77.5 Å². The molecule has 0 aromatic carbocycles. The van der Waals surface area contributed by atoms with Crippen molar-refractivity contribution in [3.05, 3.63) is 46.5 Å². The predicted octanol–water partition coefficient (Wildman–Crippen LogP) is 5.47. The maximum atomic E-state index is 13.6. The first-order chi connectivity index (χ1) is 18.0. The Labute approximate surface area is 226 Å². The lowest BCUT2D eigenvalue weighted by molar-refractivity contribution is 0.0181. The van der Waals surface area contributed by atoms with Gasteiger partial charge in [0.15, 0.2) is 5.69 Å². The van der Waals surface area contributed by atoms with E-state index in [0.717, 1.165) is 35.0 Å². The summed E-state index contributed by atoms with van der Waals surface area (Å²) in [6.07, 6.45) is 5.03. The van der Waals surface area contributed by atoms with Crippen LogP contribution in [0.2, 0.25) is 0 Å². The smallest absolute Gasteiger partial charge is 0.410 e. The van der Waals surface area contributed by atoms with Crippen molar-refractivity contribution in [2.24, 2.45) is 5.92 Å². The number of amides is 2. The fraction of sp³-hybridized carbons (Fsp3) is 0.519. The van der Waals surface area contributed by atoms with E-state index in [9.17, 15) is 14.0 Å². The molecular weight excluding hydrogens is 507 g/mol. The number of likely N-dealkylation sites (tertiary alicyclic amines) is 1.